The number of halogens is 2. The van der Waals surface area contributed by atoms with Crippen LogP contribution in [0.15, 0.2) is 34.0 Å². The highest BCUT2D eigenvalue weighted by Crippen LogP contribution is 2.27. The lowest BCUT2D eigenvalue weighted by Crippen LogP contribution is -2.10. The normalized spacial score (nSPS) is 22.2. The van der Waals surface area contributed by atoms with Crippen LogP contribution in [0.4, 0.5) is 0 Å². The largest absolute Gasteiger partial charge is 0.492 e. The van der Waals surface area contributed by atoms with Crippen LogP contribution in [0.25, 0.3) is 0 Å². The van der Waals surface area contributed by atoms with Crippen LogP contribution in [0.3, 0.4) is 0 Å². The fourth-order valence-electron chi connectivity index (χ4n) is 1.55. The Bertz CT molecular complexity index is 408. The molecule has 1 aliphatic heterocycles. The van der Waals surface area contributed by atoms with Crippen molar-refractivity contribution in [3.05, 3.63) is 34.0 Å². The van der Waals surface area contributed by atoms with E-state index in [1.807, 2.05) is 6.08 Å². The Labute approximate surface area is 134 Å². The monoisotopic (exact) mass is 364 g/mol. The van der Waals surface area contributed by atoms with E-state index < -0.39 is 0 Å². The summed E-state index contributed by atoms with van der Waals surface area (Å²) in [6.45, 7) is 9.86. The first-order valence-corrected chi connectivity index (χ1v) is 7.63. The van der Waals surface area contributed by atoms with Gasteiger partial charge in [0, 0.05) is 31.2 Å². The number of hydrogen-bond acceptors (Lipinski definition) is 4. The molecule has 114 valence electrons. The van der Waals surface area contributed by atoms with E-state index in [0.29, 0.717) is 24.0 Å². The molecule has 0 aromatic heterocycles. The topological polar surface area (TPSA) is 43.4 Å². The van der Waals surface area contributed by atoms with Crippen molar-refractivity contribution >= 4 is 27.5 Å². The van der Waals surface area contributed by atoms with Gasteiger partial charge < -0.3 is 9.47 Å². The lowest BCUT2D eigenvalue weighted by atomic mass is 10.3. The molecule has 1 heterocycles. The minimum absolute atomic E-state index is 0.0539. The molecule has 1 unspecified atom stereocenters. The van der Waals surface area contributed by atoms with E-state index in [0.717, 1.165) is 17.4 Å². The molecule has 0 spiro atoms. The van der Waals surface area contributed by atoms with E-state index in [4.69, 9.17) is 21.1 Å². The summed E-state index contributed by atoms with van der Waals surface area (Å²) in [6, 6.07) is 0. The first-order chi connectivity index (χ1) is 9.40. The van der Waals surface area contributed by atoms with Gasteiger partial charge >= 0.3 is 0 Å². The number of hydrazine groups is 1. The fourth-order valence-corrected chi connectivity index (χ4v) is 2.11. The molecule has 0 aromatic carbocycles. The summed E-state index contributed by atoms with van der Waals surface area (Å²) >= 11 is 9.65. The van der Waals surface area contributed by atoms with Crippen LogP contribution in [0, 0.1) is 0 Å². The summed E-state index contributed by atoms with van der Waals surface area (Å²) in [5.41, 5.74) is 3.31. The summed E-state index contributed by atoms with van der Waals surface area (Å²) in [6.07, 6.45) is 4.27. The third-order valence-corrected chi connectivity index (χ3v) is 3.62. The average Bonchev–Trinajstić information content (AvgIpc) is 2.99. The van der Waals surface area contributed by atoms with E-state index in [9.17, 15) is 0 Å². The zero-order valence-electron chi connectivity index (χ0n) is 12.2. The second kappa shape index (κ2) is 8.20. The Hall–Kier alpha value is -0.330. The molecule has 6 heteroatoms. The summed E-state index contributed by atoms with van der Waals surface area (Å²) in [5, 5.41) is 2.61. The Kier molecular flexibility index (Phi) is 7.26. The smallest absolute Gasteiger partial charge is 0.138 e. The van der Waals surface area contributed by atoms with Gasteiger partial charge in [0.15, 0.2) is 0 Å². The molecule has 0 amide bonds. The molecule has 1 atom stereocenters. The van der Waals surface area contributed by atoms with Gasteiger partial charge in [-0.15, -0.1) is 0 Å². The first-order valence-electron chi connectivity index (χ1n) is 6.46. The number of methoxy groups -OCH3 is 1. The van der Waals surface area contributed by atoms with Crippen molar-refractivity contribution in [3.8, 4) is 0 Å². The molecule has 1 aliphatic rings. The molecule has 1 N–H and O–H groups in total. The van der Waals surface area contributed by atoms with Gasteiger partial charge in [0.2, 0.25) is 0 Å². The highest BCUT2D eigenvalue weighted by Gasteiger charge is 2.42. The van der Waals surface area contributed by atoms with Gasteiger partial charge in [-0.05, 0) is 26.0 Å². The predicted molar refractivity (Wildman–Crippen MR) is 86.5 cm³/mol. The summed E-state index contributed by atoms with van der Waals surface area (Å²) in [7, 11) is 1.67. The second-order valence-corrected chi connectivity index (χ2v) is 6.39. The Morgan fingerprint density at radius 2 is 2.10 bits per heavy atom. The minimum Gasteiger partial charge on any atom is -0.492 e. The average molecular weight is 366 g/mol. The molecule has 0 aliphatic carbocycles. The second-order valence-electron chi connectivity index (χ2n) is 4.96. The Morgan fingerprint density at radius 1 is 1.45 bits per heavy atom. The van der Waals surface area contributed by atoms with E-state index in [2.05, 4.69) is 46.8 Å². The third kappa shape index (κ3) is 5.97. The van der Waals surface area contributed by atoms with Gasteiger partial charge in [-0.1, -0.05) is 34.1 Å². The van der Waals surface area contributed by atoms with Gasteiger partial charge in [0.25, 0.3) is 0 Å². The number of nitrogens with zero attached hydrogens (tertiary/aromatic N) is 1. The maximum atomic E-state index is 6.11. The van der Waals surface area contributed by atoms with Crippen LogP contribution in [-0.4, -0.2) is 37.5 Å². The minimum atomic E-state index is 0.0539. The standard InChI is InChI=1S/C14H22BrClN2O2/c1-5-12(16)13(20-8-6-7-19-4)9-11(15)10-18-14(2,3)17-18/h5,9,17H,1,6-8,10H2,2-4H3/b11-9-,13-12-. The molecule has 0 bridgehead atoms. The molecule has 1 rings (SSSR count). The summed E-state index contributed by atoms with van der Waals surface area (Å²) in [5.74, 6) is 0.615. The quantitative estimate of drug-likeness (QED) is 0.294. The molecule has 0 saturated carbocycles. The van der Waals surface area contributed by atoms with Gasteiger partial charge in [0.05, 0.1) is 17.3 Å². The maximum Gasteiger partial charge on any atom is 0.138 e. The number of nitrogens with one attached hydrogen (secondary N) is 1. The molecule has 1 saturated heterocycles. The van der Waals surface area contributed by atoms with Crippen molar-refractivity contribution in [2.75, 3.05) is 26.9 Å². The molecule has 1 fully saturated rings. The van der Waals surface area contributed by atoms with Crippen LogP contribution in [-0.2, 0) is 9.47 Å². The van der Waals surface area contributed by atoms with Crippen LogP contribution < -0.4 is 5.43 Å². The maximum absolute atomic E-state index is 6.11. The number of hydrogen-bond donors (Lipinski definition) is 1. The lowest BCUT2D eigenvalue weighted by molar-refractivity contribution is 0.149. The van der Waals surface area contributed by atoms with Crippen molar-refractivity contribution < 1.29 is 9.47 Å². The van der Waals surface area contributed by atoms with Gasteiger partial charge in [-0.25, -0.2) is 10.4 Å². The molecular weight excluding hydrogens is 344 g/mol. The summed E-state index contributed by atoms with van der Waals surface area (Å²) < 4.78 is 11.6. The van der Waals surface area contributed by atoms with Gasteiger partial charge in [-0.2, -0.15) is 0 Å². The van der Waals surface area contributed by atoms with Crippen molar-refractivity contribution in [1.82, 2.24) is 10.4 Å². The van der Waals surface area contributed by atoms with Crippen LogP contribution in [0.1, 0.15) is 20.3 Å². The van der Waals surface area contributed by atoms with Crippen molar-refractivity contribution in [3.63, 3.8) is 0 Å². The number of ether oxygens (including phenoxy) is 2. The van der Waals surface area contributed by atoms with Crippen molar-refractivity contribution in [2.24, 2.45) is 0 Å². The SMILES string of the molecule is C=C/C(Cl)=C(\C=C(/Br)CN1NC1(C)C)OCCCOC. The number of rotatable bonds is 9. The third-order valence-electron chi connectivity index (χ3n) is 2.80. The van der Waals surface area contributed by atoms with E-state index in [1.54, 1.807) is 13.2 Å². The first kappa shape index (κ1) is 17.7. The van der Waals surface area contributed by atoms with Crippen molar-refractivity contribution in [1.29, 1.82) is 0 Å². The molecular formula is C14H22BrClN2O2. The Balaban J connectivity index is 2.57. The zero-order valence-corrected chi connectivity index (χ0v) is 14.6. The molecule has 0 aromatic rings. The van der Waals surface area contributed by atoms with E-state index in [1.165, 1.54) is 0 Å². The lowest BCUT2D eigenvalue weighted by Gasteiger charge is -2.09. The van der Waals surface area contributed by atoms with Gasteiger partial charge in [-0.3, -0.25) is 0 Å². The molecule has 4 nitrogen and oxygen atoms in total. The Morgan fingerprint density at radius 3 is 2.60 bits per heavy atom. The van der Waals surface area contributed by atoms with E-state index >= 15 is 0 Å². The van der Waals surface area contributed by atoms with Crippen LogP contribution in [0.2, 0.25) is 0 Å². The molecule has 20 heavy (non-hydrogen) atoms. The van der Waals surface area contributed by atoms with Crippen molar-refractivity contribution in [2.45, 2.75) is 25.9 Å². The zero-order chi connectivity index (χ0) is 15.2. The highest BCUT2D eigenvalue weighted by molar-refractivity contribution is 9.11. The molecule has 0 radical (unpaired) electrons. The van der Waals surface area contributed by atoms with E-state index in [-0.39, 0.29) is 5.66 Å². The van der Waals surface area contributed by atoms with Crippen LogP contribution >= 0.6 is 27.5 Å². The fraction of sp³-hybridized carbons (Fsp3) is 0.571. The van der Waals surface area contributed by atoms with Gasteiger partial charge in [0.1, 0.15) is 5.76 Å². The predicted octanol–water partition coefficient (Wildman–Crippen LogP) is 3.51. The highest BCUT2D eigenvalue weighted by atomic mass is 79.9. The summed E-state index contributed by atoms with van der Waals surface area (Å²) in [4.78, 5) is 0. The number of allylic oxidation sites excluding steroid dienone is 3. The van der Waals surface area contributed by atoms with Crippen LogP contribution in [0.5, 0.6) is 0 Å².